The summed E-state index contributed by atoms with van der Waals surface area (Å²) in [6, 6.07) is 7.50. The number of pyridine rings is 1. The molecule has 9 heteroatoms. The van der Waals surface area contributed by atoms with Crippen LogP contribution in [-0.2, 0) is 10.3 Å². The van der Waals surface area contributed by atoms with E-state index in [4.69, 9.17) is 4.74 Å². The van der Waals surface area contributed by atoms with Gasteiger partial charge in [0.1, 0.15) is 22.8 Å². The molecule has 0 unspecified atom stereocenters. The summed E-state index contributed by atoms with van der Waals surface area (Å²) >= 11 is 0. The fourth-order valence-corrected chi connectivity index (χ4v) is 4.77. The van der Waals surface area contributed by atoms with E-state index in [-0.39, 0.29) is 17.3 Å². The third-order valence-corrected chi connectivity index (χ3v) is 6.42. The number of hydrogen-bond donors (Lipinski definition) is 1. The average molecular weight is 433 g/mol. The summed E-state index contributed by atoms with van der Waals surface area (Å²) < 4.78 is 33.3. The standard InChI is InChI=1S/C23H17F2N5O2/c24-16-4-2-1-3-13(16)20-27-11-17-21(30-20)29-19(28-17)12-5-7-23(8-6-12)15-10-26-18(25)9-14(15)22(31)32-23/h1-4,9-12H,5-8H2,(H,27,28,29,30). The molecule has 160 valence electrons. The van der Waals surface area contributed by atoms with Gasteiger partial charge in [0.05, 0.1) is 17.3 Å². The maximum absolute atomic E-state index is 14.1. The van der Waals surface area contributed by atoms with Gasteiger partial charge in [-0.1, -0.05) is 12.1 Å². The van der Waals surface area contributed by atoms with Gasteiger partial charge >= 0.3 is 5.97 Å². The van der Waals surface area contributed by atoms with E-state index >= 15 is 0 Å². The Morgan fingerprint density at radius 1 is 1.03 bits per heavy atom. The Labute approximate surface area is 180 Å². The first-order chi connectivity index (χ1) is 15.5. The molecule has 0 amide bonds. The fraction of sp³-hybridized carbons (Fsp3) is 0.261. The Bertz CT molecular complexity index is 1380. The molecular weight excluding hydrogens is 416 g/mol. The van der Waals surface area contributed by atoms with E-state index in [1.807, 2.05) is 0 Å². The minimum atomic E-state index is -0.757. The van der Waals surface area contributed by atoms with E-state index in [1.165, 1.54) is 12.3 Å². The quantitative estimate of drug-likeness (QED) is 0.372. The zero-order chi connectivity index (χ0) is 21.9. The Hall–Kier alpha value is -3.75. The summed E-state index contributed by atoms with van der Waals surface area (Å²) in [4.78, 5) is 32.6. The molecule has 0 radical (unpaired) electrons. The molecule has 1 saturated carbocycles. The van der Waals surface area contributed by atoms with Gasteiger partial charge in [0.25, 0.3) is 0 Å². The highest BCUT2D eigenvalue weighted by molar-refractivity contribution is 5.94. The molecule has 3 aromatic heterocycles. The van der Waals surface area contributed by atoms with Gasteiger partial charge in [-0.2, -0.15) is 4.39 Å². The van der Waals surface area contributed by atoms with Gasteiger partial charge in [0.15, 0.2) is 11.5 Å². The van der Waals surface area contributed by atoms with Crippen molar-refractivity contribution in [3.8, 4) is 11.4 Å². The van der Waals surface area contributed by atoms with Crippen LogP contribution in [0.3, 0.4) is 0 Å². The minimum absolute atomic E-state index is 0.114. The number of ether oxygens (including phenoxy) is 1. The highest BCUT2D eigenvalue weighted by Gasteiger charge is 2.48. The van der Waals surface area contributed by atoms with Crippen LogP contribution in [0, 0.1) is 11.8 Å². The second kappa shape index (κ2) is 6.88. The van der Waals surface area contributed by atoms with Crippen LogP contribution in [-0.4, -0.2) is 30.9 Å². The zero-order valence-electron chi connectivity index (χ0n) is 16.8. The molecule has 6 rings (SSSR count). The highest BCUT2D eigenvalue weighted by atomic mass is 19.1. The largest absolute Gasteiger partial charge is 0.450 e. The van der Waals surface area contributed by atoms with Gasteiger partial charge in [-0.25, -0.2) is 29.1 Å². The average Bonchev–Trinajstić information content (AvgIpc) is 3.33. The van der Waals surface area contributed by atoms with Crippen molar-refractivity contribution in [2.75, 3.05) is 0 Å². The van der Waals surface area contributed by atoms with E-state index in [9.17, 15) is 13.6 Å². The third-order valence-electron chi connectivity index (χ3n) is 6.42. The monoisotopic (exact) mass is 433 g/mol. The Morgan fingerprint density at radius 3 is 2.66 bits per heavy atom. The summed E-state index contributed by atoms with van der Waals surface area (Å²) in [5.41, 5.74) is 1.65. The van der Waals surface area contributed by atoms with Crippen LogP contribution in [0.5, 0.6) is 0 Å². The van der Waals surface area contributed by atoms with E-state index in [1.54, 1.807) is 24.4 Å². The van der Waals surface area contributed by atoms with Crippen molar-refractivity contribution in [1.82, 2.24) is 24.9 Å². The zero-order valence-corrected chi connectivity index (χ0v) is 16.8. The Morgan fingerprint density at radius 2 is 1.84 bits per heavy atom. The first kappa shape index (κ1) is 19.0. The van der Waals surface area contributed by atoms with Crippen LogP contribution < -0.4 is 0 Å². The minimum Gasteiger partial charge on any atom is -0.450 e. The molecule has 2 aliphatic rings. The maximum Gasteiger partial charge on any atom is 0.339 e. The van der Waals surface area contributed by atoms with Crippen molar-refractivity contribution in [3.63, 3.8) is 0 Å². The number of benzene rings is 1. The number of carbonyl (C=O) groups is 1. The third kappa shape index (κ3) is 2.88. The lowest BCUT2D eigenvalue weighted by atomic mass is 9.75. The first-order valence-corrected chi connectivity index (χ1v) is 10.4. The van der Waals surface area contributed by atoms with Gasteiger partial charge in [0.2, 0.25) is 5.95 Å². The number of aromatic amines is 1. The predicted octanol–water partition coefficient (Wildman–Crippen LogP) is 4.42. The smallest absolute Gasteiger partial charge is 0.339 e. The summed E-state index contributed by atoms with van der Waals surface area (Å²) in [6.07, 6.45) is 5.62. The van der Waals surface area contributed by atoms with E-state index in [0.29, 0.717) is 41.0 Å². The van der Waals surface area contributed by atoms with Gasteiger partial charge in [-0.3, -0.25) is 0 Å². The maximum atomic E-state index is 14.1. The number of nitrogens with one attached hydrogen (secondary N) is 1. The molecule has 32 heavy (non-hydrogen) atoms. The molecule has 0 atom stereocenters. The number of aromatic nitrogens is 5. The number of imidazole rings is 1. The molecule has 1 aliphatic heterocycles. The normalized spacial score (nSPS) is 22.3. The molecule has 7 nitrogen and oxygen atoms in total. The van der Waals surface area contributed by atoms with Crippen molar-refractivity contribution in [2.24, 2.45) is 0 Å². The lowest BCUT2D eigenvalue weighted by Gasteiger charge is -2.35. The number of rotatable bonds is 2. The molecule has 4 aromatic rings. The first-order valence-electron chi connectivity index (χ1n) is 10.4. The van der Waals surface area contributed by atoms with E-state index in [0.717, 1.165) is 24.7 Å². The number of carbonyl (C=O) groups excluding carboxylic acids is 1. The van der Waals surface area contributed by atoms with Gasteiger partial charge in [-0.15, -0.1) is 0 Å². The molecular formula is C23H17F2N5O2. The SMILES string of the molecule is O=C1OC2(CCC(c3nc4cnc(-c5ccccc5F)nc4[nH]3)CC2)c2cnc(F)cc21. The number of hydrogen-bond acceptors (Lipinski definition) is 6. The molecule has 1 aliphatic carbocycles. The molecule has 0 saturated heterocycles. The molecule has 1 aromatic carbocycles. The van der Waals surface area contributed by atoms with E-state index < -0.39 is 17.5 Å². The van der Waals surface area contributed by atoms with Crippen LogP contribution in [0.15, 0.2) is 42.7 Å². The molecule has 1 spiro atoms. The summed E-state index contributed by atoms with van der Waals surface area (Å²) in [6.45, 7) is 0. The summed E-state index contributed by atoms with van der Waals surface area (Å²) in [7, 11) is 0. The summed E-state index contributed by atoms with van der Waals surface area (Å²) in [5.74, 6) is -0.393. The van der Waals surface area contributed by atoms with Gasteiger partial charge in [-0.05, 0) is 37.8 Å². The highest BCUT2D eigenvalue weighted by Crippen LogP contribution is 2.49. The van der Waals surface area contributed by atoms with Crippen molar-refractivity contribution < 1.29 is 18.3 Å². The number of nitrogens with zero attached hydrogens (tertiary/aromatic N) is 4. The van der Waals surface area contributed by atoms with Crippen LogP contribution >= 0.6 is 0 Å². The predicted molar refractivity (Wildman–Crippen MR) is 110 cm³/mol. The van der Waals surface area contributed by atoms with Crippen molar-refractivity contribution in [1.29, 1.82) is 0 Å². The Balaban J connectivity index is 1.26. The van der Waals surface area contributed by atoms with Crippen LogP contribution in [0.2, 0.25) is 0 Å². The summed E-state index contributed by atoms with van der Waals surface area (Å²) in [5, 5.41) is 0. The van der Waals surface area contributed by atoms with Crippen molar-refractivity contribution in [2.45, 2.75) is 37.2 Å². The number of fused-ring (bicyclic) bond motifs is 3. The van der Waals surface area contributed by atoms with Crippen LogP contribution in [0.25, 0.3) is 22.6 Å². The van der Waals surface area contributed by atoms with E-state index in [2.05, 4.69) is 24.9 Å². The Kier molecular flexibility index (Phi) is 4.08. The van der Waals surface area contributed by atoms with Gasteiger partial charge in [0, 0.05) is 23.7 Å². The van der Waals surface area contributed by atoms with Crippen LogP contribution in [0.4, 0.5) is 8.78 Å². The van der Waals surface area contributed by atoms with Crippen molar-refractivity contribution >= 4 is 17.1 Å². The number of esters is 1. The van der Waals surface area contributed by atoms with Gasteiger partial charge < -0.3 is 9.72 Å². The molecule has 1 fully saturated rings. The second-order valence-corrected chi connectivity index (χ2v) is 8.24. The number of H-pyrrole nitrogens is 1. The topological polar surface area (TPSA) is 93.6 Å². The van der Waals surface area contributed by atoms with Crippen molar-refractivity contribution in [3.05, 3.63) is 71.4 Å². The molecule has 4 heterocycles. The number of halogens is 2. The second-order valence-electron chi connectivity index (χ2n) is 8.24. The van der Waals surface area contributed by atoms with Crippen LogP contribution in [0.1, 0.15) is 53.3 Å². The molecule has 1 N–H and O–H groups in total. The lowest BCUT2D eigenvalue weighted by Crippen LogP contribution is -2.31. The molecule has 0 bridgehead atoms. The lowest BCUT2D eigenvalue weighted by molar-refractivity contribution is -0.0313. The fourth-order valence-electron chi connectivity index (χ4n) is 4.77.